The molecule has 0 spiro atoms. The highest BCUT2D eigenvalue weighted by Crippen LogP contribution is 2.31. The van der Waals surface area contributed by atoms with Crippen LogP contribution in [0.5, 0.6) is 0 Å². The lowest BCUT2D eigenvalue weighted by Gasteiger charge is -2.35. The van der Waals surface area contributed by atoms with E-state index in [1.807, 2.05) is 4.90 Å². The molecular formula is C17H27N5O2. The maximum Gasteiger partial charge on any atom is 0.318 e. The summed E-state index contributed by atoms with van der Waals surface area (Å²) in [7, 11) is 0. The summed E-state index contributed by atoms with van der Waals surface area (Å²) in [4.78, 5) is 14.7. The predicted octanol–water partition coefficient (Wildman–Crippen LogP) is 2.03. The summed E-state index contributed by atoms with van der Waals surface area (Å²) in [5.41, 5.74) is 0. The minimum Gasteiger partial charge on any atom is -0.376 e. The molecule has 2 saturated heterocycles. The number of aromatic nitrogens is 3. The average Bonchev–Trinajstić information content (AvgIpc) is 3.29. The smallest absolute Gasteiger partial charge is 0.318 e. The number of nitrogens with one attached hydrogen (secondary N) is 1. The average molecular weight is 333 g/mol. The lowest BCUT2D eigenvalue weighted by molar-refractivity contribution is 0.103. The quantitative estimate of drug-likeness (QED) is 0.919. The summed E-state index contributed by atoms with van der Waals surface area (Å²) in [5.74, 6) is 2.07. The summed E-state index contributed by atoms with van der Waals surface area (Å²) < 4.78 is 7.85. The number of carbonyl (C=O) groups excluding carboxylic acids is 1. The molecule has 0 saturated carbocycles. The van der Waals surface area contributed by atoms with Gasteiger partial charge >= 0.3 is 6.03 Å². The molecule has 1 aromatic rings. The van der Waals surface area contributed by atoms with Crippen LogP contribution in [0.3, 0.4) is 0 Å². The molecule has 2 fully saturated rings. The fourth-order valence-corrected chi connectivity index (χ4v) is 4.13. The van der Waals surface area contributed by atoms with Crippen molar-refractivity contribution < 1.29 is 9.53 Å². The fourth-order valence-electron chi connectivity index (χ4n) is 4.13. The van der Waals surface area contributed by atoms with E-state index < -0.39 is 0 Å². The van der Waals surface area contributed by atoms with Gasteiger partial charge in [-0.15, -0.1) is 10.2 Å². The number of aryl methyl sites for hydroxylation is 1. The second-order valence-corrected chi connectivity index (χ2v) is 7.11. The number of amides is 2. The first kappa shape index (κ1) is 15.9. The Balaban J connectivity index is 1.46. The molecule has 0 aliphatic carbocycles. The van der Waals surface area contributed by atoms with Gasteiger partial charge in [0.1, 0.15) is 5.82 Å². The molecule has 2 amide bonds. The topological polar surface area (TPSA) is 72.3 Å². The van der Waals surface area contributed by atoms with Gasteiger partial charge in [-0.1, -0.05) is 0 Å². The molecule has 24 heavy (non-hydrogen) atoms. The number of piperidine rings is 1. The molecule has 0 unspecified atom stereocenters. The van der Waals surface area contributed by atoms with Gasteiger partial charge in [0.25, 0.3) is 0 Å². The molecule has 3 aliphatic rings. The number of ether oxygens (including phenoxy) is 1. The maximum atomic E-state index is 12.7. The molecule has 7 heteroatoms. The van der Waals surface area contributed by atoms with Crippen molar-refractivity contribution in [1.82, 2.24) is 25.0 Å². The molecule has 0 radical (unpaired) electrons. The van der Waals surface area contributed by atoms with Crippen LogP contribution in [0.2, 0.25) is 0 Å². The lowest BCUT2D eigenvalue weighted by Crippen LogP contribution is -2.47. The maximum absolute atomic E-state index is 12.7. The van der Waals surface area contributed by atoms with Gasteiger partial charge in [-0.25, -0.2) is 4.79 Å². The van der Waals surface area contributed by atoms with Gasteiger partial charge in [0.15, 0.2) is 5.82 Å². The Morgan fingerprint density at radius 3 is 2.92 bits per heavy atom. The Bertz CT molecular complexity index is 582. The predicted molar refractivity (Wildman–Crippen MR) is 88.6 cm³/mol. The first-order chi connectivity index (χ1) is 11.8. The second-order valence-electron chi connectivity index (χ2n) is 7.11. The van der Waals surface area contributed by atoms with E-state index in [0.29, 0.717) is 6.54 Å². The zero-order valence-electron chi connectivity index (χ0n) is 14.2. The number of hydrogen-bond acceptors (Lipinski definition) is 4. The summed E-state index contributed by atoms with van der Waals surface area (Å²) in [6, 6.07) is 0.0750. The normalized spacial score (nSPS) is 27.1. The van der Waals surface area contributed by atoms with Crippen LogP contribution in [-0.4, -0.2) is 51.5 Å². The Hall–Kier alpha value is -1.63. The molecule has 1 N–H and O–H groups in total. The van der Waals surface area contributed by atoms with Crippen LogP contribution in [0.4, 0.5) is 4.79 Å². The van der Waals surface area contributed by atoms with E-state index in [1.54, 1.807) is 0 Å². The molecule has 4 heterocycles. The molecule has 2 atom stereocenters. The fraction of sp³-hybridized carbons (Fsp3) is 0.824. The van der Waals surface area contributed by atoms with Crippen LogP contribution >= 0.6 is 0 Å². The van der Waals surface area contributed by atoms with Crippen molar-refractivity contribution in [2.75, 3.05) is 19.7 Å². The van der Waals surface area contributed by atoms with Crippen LogP contribution in [0.25, 0.3) is 0 Å². The van der Waals surface area contributed by atoms with Gasteiger partial charge in [-0.3, -0.25) is 0 Å². The second kappa shape index (κ2) is 7.09. The zero-order valence-corrected chi connectivity index (χ0v) is 14.2. The molecule has 0 bridgehead atoms. The monoisotopic (exact) mass is 333 g/mol. The summed E-state index contributed by atoms with van der Waals surface area (Å²) in [6.07, 6.45) is 8.87. The van der Waals surface area contributed by atoms with Crippen molar-refractivity contribution >= 4 is 6.03 Å². The van der Waals surface area contributed by atoms with E-state index >= 15 is 0 Å². The third-order valence-corrected chi connectivity index (χ3v) is 5.45. The van der Waals surface area contributed by atoms with Gasteiger partial charge < -0.3 is 19.5 Å². The van der Waals surface area contributed by atoms with Crippen LogP contribution in [-0.2, 0) is 17.7 Å². The largest absolute Gasteiger partial charge is 0.376 e. The standard InChI is InChI=1S/C17H27N5O2/c23-17(18-12-13-6-5-11-24-13)21-9-3-1-7-14(21)16-20-19-15-8-2-4-10-22(15)16/h13-14H,1-12H2,(H,18,23)/t13-,14+/m1/s1. The number of fused-ring (bicyclic) bond motifs is 1. The molecule has 132 valence electrons. The Kier molecular flexibility index (Phi) is 4.69. The number of likely N-dealkylation sites (tertiary alicyclic amines) is 1. The van der Waals surface area contributed by atoms with Gasteiger partial charge in [0.05, 0.1) is 12.1 Å². The number of hydrogen-bond donors (Lipinski definition) is 1. The Labute approximate surface area is 142 Å². The minimum absolute atomic E-state index is 0.0170. The SMILES string of the molecule is O=C(NC[C@H]1CCCO1)N1CCCC[C@H]1c1nnc2n1CCCC2. The summed E-state index contributed by atoms with van der Waals surface area (Å²) in [5, 5.41) is 11.9. The minimum atomic E-state index is 0.0170. The summed E-state index contributed by atoms with van der Waals surface area (Å²) >= 11 is 0. The van der Waals surface area contributed by atoms with Gasteiger partial charge in [-0.2, -0.15) is 0 Å². The number of nitrogens with zero attached hydrogens (tertiary/aromatic N) is 4. The number of carbonyl (C=O) groups is 1. The van der Waals surface area contributed by atoms with Crippen molar-refractivity contribution in [2.24, 2.45) is 0 Å². The molecule has 4 rings (SSSR count). The Morgan fingerprint density at radius 2 is 2.04 bits per heavy atom. The molecule has 7 nitrogen and oxygen atoms in total. The van der Waals surface area contributed by atoms with Crippen molar-refractivity contribution in [3.8, 4) is 0 Å². The molecular weight excluding hydrogens is 306 g/mol. The first-order valence-corrected chi connectivity index (χ1v) is 9.41. The zero-order chi connectivity index (χ0) is 16.4. The van der Waals surface area contributed by atoms with E-state index in [4.69, 9.17) is 4.74 Å². The van der Waals surface area contributed by atoms with E-state index in [-0.39, 0.29) is 18.2 Å². The van der Waals surface area contributed by atoms with Gasteiger partial charge in [0.2, 0.25) is 0 Å². The van der Waals surface area contributed by atoms with Crippen molar-refractivity contribution in [3.05, 3.63) is 11.6 Å². The van der Waals surface area contributed by atoms with E-state index in [0.717, 1.165) is 69.9 Å². The highest BCUT2D eigenvalue weighted by Gasteiger charge is 2.33. The number of urea groups is 1. The van der Waals surface area contributed by atoms with Crippen molar-refractivity contribution in [1.29, 1.82) is 0 Å². The van der Waals surface area contributed by atoms with Crippen LogP contribution in [0, 0.1) is 0 Å². The third-order valence-electron chi connectivity index (χ3n) is 5.45. The Morgan fingerprint density at radius 1 is 1.12 bits per heavy atom. The van der Waals surface area contributed by atoms with E-state index in [2.05, 4.69) is 20.1 Å². The third kappa shape index (κ3) is 3.14. The van der Waals surface area contributed by atoms with Crippen molar-refractivity contribution in [3.63, 3.8) is 0 Å². The van der Waals surface area contributed by atoms with Gasteiger partial charge in [-0.05, 0) is 44.9 Å². The van der Waals surface area contributed by atoms with Crippen LogP contribution in [0.1, 0.15) is 62.6 Å². The molecule has 0 aromatic carbocycles. The lowest BCUT2D eigenvalue weighted by atomic mass is 10.0. The summed E-state index contributed by atoms with van der Waals surface area (Å²) in [6.45, 7) is 3.21. The highest BCUT2D eigenvalue weighted by molar-refractivity contribution is 5.74. The van der Waals surface area contributed by atoms with Crippen LogP contribution in [0.15, 0.2) is 0 Å². The van der Waals surface area contributed by atoms with Crippen molar-refractivity contribution in [2.45, 2.75) is 70.1 Å². The molecule has 1 aromatic heterocycles. The molecule has 3 aliphatic heterocycles. The van der Waals surface area contributed by atoms with E-state index in [9.17, 15) is 4.79 Å². The highest BCUT2D eigenvalue weighted by atomic mass is 16.5. The van der Waals surface area contributed by atoms with Crippen LogP contribution < -0.4 is 5.32 Å². The van der Waals surface area contributed by atoms with E-state index in [1.165, 1.54) is 12.8 Å². The number of rotatable bonds is 3. The van der Waals surface area contributed by atoms with Gasteiger partial charge in [0, 0.05) is 32.7 Å². The first-order valence-electron chi connectivity index (χ1n) is 9.41.